The number of hydrogen-bond donors (Lipinski definition) is 0. The van der Waals surface area contributed by atoms with Gasteiger partial charge in [-0.2, -0.15) is 0 Å². The molecule has 10 heavy (non-hydrogen) atoms. The molecule has 1 nitrogen and oxygen atoms in total. The molecular weight excluding hydrogens is 143 g/mol. The zero-order valence-corrected chi connectivity index (χ0v) is 7.66. The van der Waals surface area contributed by atoms with Gasteiger partial charge in [-0.1, -0.05) is 13.3 Å². The van der Waals surface area contributed by atoms with Crippen LogP contribution in [0.2, 0.25) is 0 Å². The van der Waals surface area contributed by atoms with Crippen molar-refractivity contribution in [1.29, 1.82) is 0 Å². The topological polar surface area (TPSA) is 12.5 Å². The molecule has 0 N–H and O–H groups in total. The van der Waals surface area contributed by atoms with Gasteiger partial charge in [0, 0.05) is 0 Å². The summed E-state index contributed by atoms with van der Waals surface area (Å²) < 4.78 is 5.53. The lowest BCUT2D eigenvalue weighted by Gasteiger charge is -2.11. The summed E-state index contributed by atoms with van der Waals surface area (Å²) in [4.78, 5) is 0. The lowest BCUT2D eigenvalue weighted by atomic mass is 10.2. The maximum atomic E-state index is 5.53. The molecule has 1 unspecified atom stereocenters. The van der Waals surface area contributed by atoms with Gasteiger partial charge in [0.1, 0.15) is 0 Å². The third kappa shape index (κ3) is 1.00. The van der Waals surface area contributed by atoms with Crippen LogP contribution in [-0.2, 0) is 4.74 Å². The van der Waals surface area contributed by atoms with Crippen LogP contribution >= 0.6 is 7.92 Å². The van der Waals surface area contributed by atoms with Crippen LogP contribution in [0.5, 0.6) is 0 Å². The van der Waals surface area contributed by atoms with Crippen LogP contribution in [0.25, 0.3) is 0 Å². The Kier molecular flexibility index (Phi) is 1.54. The Bertz CT molecular complexity index is 148. The largest absolute Gasteiger partial charge is 0.366 e. The molecule has 0 aliphatic carbocycles. The van der Waals surface area contributed by atoms with E-state index in [4.69, 9.17) is 4.74 Å². The van der Waals surface area contributed by atoms with Gasteiger partial charge in [-0.3, -0.25) is 0 Å². The first-order valence-corrected chi connectivity index (χ1v) is 6.04. The molecule has 0 radical (unpaired) electrons. The summed E-state index contributed by atoms with van der Waals surface area (Å²) in [6.45, 7) is 4.56. The van der Waals surface area contributed by atoms with Crippen molar-refractivity contribution >= 4 is 7.92 Å². The van der Waals surface area contributed by atoms with Gasteiger partial charge < -0.3 is 4.74 Å². The van der Waals surface area contributed by atoms with Crippen molar-refractivity contribution in [2.24, 2.45) is 0 Å². The number of rotatable bonds is 2. The highest BCUT2D eigenvalue weighted by molar-refractivity contribution is 7.58. The van der Waals surface area contributed by atoms with E-state index >= 15 is 0 Å². The Balaban J connectivity index is 1.86. The van der Waals surface area contributed by atoms with Gasteiger partial charge in [-0.05, 0) is 25.4 Å². The van der Waals surface area contributed by atoms with Gasteiger partial charge in [0.15, 0.2) is 0 Å². The minimum atomic E-state index is 0.362. The van der Waals surface area contributed by atoms with Gasteiger partial charge in [0.25, 0.3) is 0 Å². The average Bonchev–Trinajstić information content (AvgIpc) is 2.34. The van der Waals surface area contributed by atoms with E-state index in [1.165, 1.54) is 24.9 Å². The molecule has 2 aliphatic heterocycles. The molecule has 58 valence electrons. The van der Waals surface area contributed by atoms with Crippen LogP contribution in [0.1, 0.15) is 20.3 Å². The molecule has 2 saturated heterocycles. The van der Waals surface area contributed by atoms with Gasteiger partial charge in [-0.15, -0.1) is 7.92 Å². The number of hydrogen-bond acceptors (Lipinski definition) is 1. The Morgan fingerprint density at radius 2 is 2.50 bits per heavy atom. The summed E-state index contributed by atoms with van der Waals surface area (Å²) in [7, 11) is 0.392. The highest BCUT2D eigenvalue weighted by Gasteiger charge is 2.58. The zero-order valence-electron chi connectivity index (χ0n) is 6.76. The van der Waals surface area contributed by atoms with Gasteiger partial charge in [-0.25, -0.2) is 0 Å². The lowest BCUT2D eigenvalue weighted by molar-refractivity contribution is 0.326. The molecule has 0 aromatic carbocycles. The molecular formula is C8H15OP. The quantitative estimate of drug-likeness (QED) is 0.442. The highest BCUT2D eigenvalue weighted by atomic mass is 31.1. The summed E-state index contributed by atoms with van der Waals surface area (Å²) in [6.07, 6.45) is 6.31. The Morgan fingerprint density at radius 1 is 1.70 bits per heavy atom. The fourth-order valence-electron chi connectivity index (χ4n) is 1.89. The maximum Gasteiger partial charge on any atom is 0.0963 e. The second kappa shape index (κ2) is 2.19. The van der Waals surface area contributed by atoms with Crippen molar-refractivity contribution in [2.45, 2.75) is 32.0 Å². The Morgan fingerprint density at radius 3 is 3.00 bits per heavy atom. The predicted octanol–water partition coefficient (Wildman–Crippen LogP) is 2.05. The first-order valence-electron chi connectivity index (χ1n) is 4.15. The predicted molar refractivity (Wildman–Crippen MR) is 45.1 cm³/mol. The van der Waals surface area contributed by atoms with E-state index in [0.717, 1.165) is 0 Å². The fraction of sp³-hybridized carbons (Fsp3) is 1.00. The molecule has 0 spiro atoms. The van der Waals surface area contributed by atoms with Gasteiger partial charge in [0.05, 0.1) is 11.7 Å². The van der Waals surface area contributed by atoms with Crippen molar-refractivity contribution in [1.82, 2.24) is 0 Å². The van der Waals surface area contributed by atoms with Gasteiger partial charge in [0.2, 0.25) is 0 Å². The van der Waals surface area contributed by atoms with Crippen molar-refractivity contribution in [3.05, 3.63) is 0 Å². The minimum Gasteiger partial charge on any atom is -0.366 e. The molecule has 0 amide bonds. The molecule has 2 rings (SSSR count). The summed E-state index contributed by atoms with van der Waals surface area (Å²) in [5, 5.41) is 0. The molecule has 2 aliphatic rings. The SMILES string of the molecule is CCCP1C[C@H]2O[C@@]2(C)C1. The smallest absolute Gasteiger partial charge is 0.0963 e. The molecule has 0 saturated carbocycles. The van der Waals surface area contributed by atoms with Crippen LogP contribution in [0, 0.1) is 0 Å². The first kappa shape index (κ1) is 7.06. The maximum absolute atomic E-state index is 5.53. The van der Waals surface area contributed by atoms with E-state index in [2.05, 4.69) is 13.8 Å². The van der Waals surface area contributed by atoms with E-state index < -0.39 is 0 Å². The highest BCUT2D eigenvalue weighted by Crippen LogP contribution is 2.59. The van der Waals surface area contributed by atoms with Crippen molar-refractivity contribution < 1.29 is 4.74 Å². The van der Waals surface area contributed by atoms with Crippen molar-refractivity contribution in [2.75, 3.05) is 18.5 Å². The van der Waals surface area contributed by atoms with E-state index in [1.54, 1.807) is 0 Å². The molecule has 0 aromatic heterocycles. The molecule has 0 aromatic rings. The van der Waals surface area contributed by atoms with E-state index in [0.29, 0.717) is 19.6 Å². The van der Waals surface area contributed by atoms with Crippen molar-refractivity contribution in [3.63, 3.8) is 0 Å². The van der Waals surface area contributed by atoms with Crippen LogP contribution in [0.15, 0.2) is 0 Å². The third-order valence-corrected chi connectivity index (χ3v) is 5.54. The van der Waals surface area contributed by atoms with E-state index in [-0.39, 0.29) is 0 Å². The number of epoxide rings is 1. The minimum absolute atomic E-state index is 0.362. The molecule has 3 atom stereocenters. The normalized spacial score (nSPS) is 51.0. The zero-order chi connectivity index (χ0) is 7.19. The average molecular weight is 158 g/mol. The monoisotopic (exact) mass is 158 g/mol. The Labute approximate surface area is 63.9 Å². The van der Waals surface area contributed by atoms with Gasteiger partial charge >= 0.3 is 0 Å². The number of fused-ring (bicyclic) bond motifs is 1. The second-order valence-electron chi connectivity index (χ2n) is 3.65. The van der Waals surface area contributed by atoms with Crippen LogP contribution in [-0.4, -0.2) is 30.2 Å². The molecule has 2 fully saturated rings. The lowest BCUT2D eigenvalue weighted by Crippen LogP contribution is -2.06. The molecule has 0 bridgehead atoms. The molecule has 2 heteroatoms. The summed E-state index contributed by atoms with van der Waals surface area (Å²) >= 11 is 0. The Hall–Kier alpha value is 0.390. The first-order chi connectivity index (χ1) is 4.74. The summed E-state index contributed by atoms with van der Waals surface area (Å²) in [5.41, 5.74) is 0.362. The second-order valence-corrected chi connectivity index (χ2v) is 6.12. The van der Waals surface area contributed by atoms with E-state index in [1.807, 2.05) is 0 Å². The standard InChI is InChI=1S/C8H15OP/c1-3-4-10-5-7-8(2,6-10)9-7/h7H,3-6H2,1-2H3/t7-,8+,10?/m1/s1. The fourth-order valence-corrected chi connectivity index (χ4v) is 5.09. The van der Waals surface area contributed by atoms with Crippen LogP contribution in [0.3, 0.4) is 0 Å². The van der Waals surface area contributed by atoms with Crippen LogP contribution < -0.4 is 0 Å². The number of ether oxygens (including phenoxy) is 1. The third-order valence-electron chi connectivity index (χ3n) is 2.54. The summed E-state index contributed by atoms with van der Waals surface area (Å²) in [6, 6.07) is 0. The molecule has 2 heterocycles. The van der Waals surface area contributed by atoms with Crippen molar-refractivity contribution in [3.8, 4) is 0 Å². The van der Waals surface area contributed by atoms with Crippen LogP contribution in [0.4, 0.5) is 0 Å². The summed E-state index contributed by atoms with van der Waals surface area (Å²) in [5.74, 6) is 0. The van der Waals surface area contributed by atoms with E-state index in [9.17, 15) is 0 Å².